The molecule has 1 N–H and O–H groups in total. The van der Waals surface area contributed by atoms with Crippen molar-refractivity contribution in [1.82, 2.24) is 4.90 Å². The molecule has 0 aliphatic carbocycles. The molecule has 2 aliphatic heterocycles. The van der Waals surface area contributed by atoms with Crippen LogP contribution in [-0.4, -0.2) is 35.1 Å². The Labute approximate surface area is 154 Å². The van der Waals surface area contributed by atoms with Crippen molar-refractivity contribution in [2.24, 2.45) is 5.92 Å². The van der Waals surface area contributed by atoms with Crippen LogP contribution >= 0.6 is 11.8 Å². The van der Waals surface area contributed by atoms with Crippen molar-refractivity contribution in [2.75, 3.05) is 18.4 Å². The van der Waals surface area contributed by atoms with E-state index in [0.29, 0.717) is 23.9 Å². The number of fused-ring (bicyclic) bond motifs is 1. The second kappa shape index (κ2) is 7.50. The maximum Gasteiger partial charge on any atom is 0.416 e. The third-order valence-electron chi connectivity index (χ3n) is 4.86. The van der Waals surface area contributed by atoms with Crippen LogP contribution < -0.4 is 5.32 Å². The molecule has 0 bridgehead atoms. The van der Waals surface area contributed by atoms with Gasteiger partial charge in [0, 0.05) is 24.4 Å². The monoisotopic (exact) mass is 386 g/mol. The molecule has 1 saturated heterocycles. The average molecular weight is 386 g/mol. The first-order valence-corrected chi connectivity index (χ1v) is 9.58. The molecule has 2 amide bonds. The zero-order valence-electron chi connectivity index (χ0n) is 14.4. The summed E-state index contributed by atoms with van der Waals surface area (Å²) in [6.07, 6.45) is -1.39. The minimum atomic E-state index is -4.46. The average Bonchev–Trinajstić information content (AvgIpc) is 2.79. The standard InChI is InChI=1S/C18H21F3N2O2S/c1-11-3-2-7-23(8-6-11)16(24)10-15-17(25)22-13-9-12(18(19,20)21)4-5-14(13)26-15/h4-5,9,11,15H,2-3,6-8,10H2,1H3,(H,22,25)/t11-,15-/m1/s1. The van der Waals surface area contributed by atoms with Crippen LogP contribution in [0.2, 0.25) is 0 Å². The van der Waals surface area contributed by atoms with Gasteiger partial charge in [-0.1, -0.05) is 6.92 Å². The van der Waals surface area contributed by atoms with Gasteiger partial charge < -0.3 is 10.2 Å². The number of nitrogens with one attached hydrogen (secondary N) is 1. The summed E-state index contributed by atoms with van der Waals surface area (Å²) in [5.74, 6) is 0.107. The molecular weight excluding hydrogens is 365 g/mol. The summed E-state index contributed by atoms with van der Waals surface area (Å²) in [6.45, 7) is 3.57. The fourth-order valence-electron chi connectivity index (χ4n) is 3.26. The van der Waals surface area contributed by atoms with Gasteiger partial charge in [-0.05, 0) is 43.4 Å². The molecule has 4 nitrogen and oxygen atoms in total. The van der Waals surface area contributed by atoms with E-state index in [9.17, 15) is 22.8 Å². The van der Waals surface area contributed by atoms with Crippen LogP contribution in [0.15, 0.2) is 23.1 Å². The Hall–Kier alpha value is -1.70. The molecule has 0 radical (unpaired) electrons. The number of amides is 2. The molecule has 26 heavy (non-hydrogen) atoms. The van der Waals surface area contributed by atoms with Gasteiger partial charge >= 0.3 is 6.18 Å². The number of likely N-dealkylation sites (tertiary alicyclic amines) is 1. The van der Waals surface area contributed by atoms with Crippen molar-refractivity contribution in [3.63, 3.8) is 0 Å². The molecule has 2 aliphatic rings. The van der Waals surface area contributed by atoms with Crippen molar-refractivity contribution in [3.05, 3.63) is 23.8 Å². The van der Waals surface area contributed by atoms with Gasteiger partial charge in [0.05, 0.1) is 16.5 Å². The quantitative estimate of drug-likeness (QED) is 0.831. The zero-order valence-corrected chi connectivity index (χ0v) is 15.3. The summed E-state index contributed by atoms with van der Waals surface area (Å²) in [5.41, 5.74) is -0.646. The number of rotatable bonds is 2. The lowest BCUT2D eigenvalue weighted by Gasteiger charge is -2.27. The number of thioether (sulfide) groups is 1. The normalized spacial score (nSPS) is 23.8. The largest absolute Gasteiger partial charge is 0.416 e. The first kappa shape index (κ1) is 19.1. The van der Waals surface area contributed by atoms with Crippen molar-refractivity contribution >= 4 is 29.3 Å². The maximum atomic E-state index is 12.8. The lowest BCUT2D eigenvalue weighted by Crippen LogP contribution is -2.38. The Morgan fingerprint density at radius 2 is 2.08 bits per heavy atom. The number of benzene rings is 1. The number of anilines is 1. The highest BCUT2D eigenvalue weighted by Crippen LogP contribution is 2.40. The molecule has 1 aromatic rings. The van der Waals surface area contributed by atoms with Crippen LogP contribution in [0.5, 0.6) is 0 Å². The molecule has 0 aromatic heterocycles. The van der Waals surface area contributed by atoms with Crippen molar-refractivity contribution in [2.45, 2.75) is 48.9 Å². The van der Waals surface area contributed by atoms with Gasteiger partial charge in [-0.15, -0.1) is 11.8 Å². The molecule has 2 atom stereocenters. The zero-order chi connectivity index (χ0) is 18.9. The summed E-state index contributed by atoms with van der Waals surface area (Å²) in [5, 5.41) is 1.90. The Kier molecular flexibility index (Phi) is 5.50. The molecule has 0 saturated carbocycles. The van der Waals surface area contributed by atoms with E-state index in [4.69, 9.17) is 0 Å². The van der Waals surface area contributed by atoms with Crippen molar-refractivity contribution in [1.29, 1.82) is 0 Å². The van der Waals surface area contributed by atoms with E-state index in [1.807, 2.05) is 0 Å². The minimum Gasteiger partial charge on any atom is -0.343 e. The van der Waals surface area contributed by atoms with E-state index >= 15 is 0 Å². The number of nitrogens with zero attached hydrogens (tertiary/aromatic N) is 1. The fraction of sp³-hybridized carbons (Fsp3) is 0.556. The predicted molar refractivity (Wildman–Crippen MR) is 93.9 cm³/mol. The van der Waals surface area contributed by atoms with Gasteiger partial charge in [0.15, 0.2) is 0 Å². The summed E-state index contributed by atoms with van der Waals surface area (Å²) in [4.78, 5) is 27.2. The number of carbonyl (C=O) groups is 2. The van der Waals surface area contributed by atoms with Crippen LogP contribution in [0.25, 0.3) is 0 Å². The lowest BCUT2D eigenvalue weighted by atomic mass is 10.0. The molecule has 1 fully saturated rings. The number of halogens is 3. The van der Waals surface area contributed by atoms with Crippen LogP contribution in [0.3, 0.4) is 0 Å². The number of carbonyl (C=O) groups excluding carboxylic acids is 2. The summed E-state index contributed by atoms with van der Waals surface area (Å²) in [6, 6.07) is 3.29. The summed E-state index contributed by atoms with van der Waals surface area (Å²) >= 11 is 1.16. The topological polar surface area (TPSA) is 49.4 Å². The minimum absolute atomic E-state index is 0.0609. The van der Waals surface area contributed by atoms with E-state index in [0.717, 1.165) is 43.2 Å². The highest BCUT2D eigenvalue weighted by Gasteiger charge is 2.35. The van der Waals surface area contributed by atoms with Gasteiger partial charge in [0.25, 0.3) is 0 Å². The van der Waals surface area contributed by atoms with E-state index < -0.39 is 22.9 Å². The predicted octanol–water partition coefficient (Wildman–Crippen LogP) is 4.16. The maximum absolute atomic E-state index is 12.8. The molecule has 142 valence electrons. The Balaban J connectivity index is 1.67. The first-order chi connectivity index (χ1) is 12.2. The molecule has 0 spiro atoms. The Morgan fingerprint density at radius 3 is 2.81 bits per heavy atom. The smallest absolute Gasteiger partial charge is 0.343 e. The lowest BCUT2D eigenvalue weighted by molar-refractivity contribution is -0.137. The van der Waals surface area contributed by atoms with Crippen LogP contribution in [0.4, 0.5) is 18.9 Å². The second-order valence-corrected chi connectivity index (χ2v) is 8.17. The molecule has 1 aromatic carbocycles. The van der Waals surface area contributed by atoms with E-state index in [2.05, 4.69) is 12.2 Å². The van der Waals surface area contributed by atoms with Gasteiger partial charge in [-0.3, -0.25) is 9.59 Å². The van der Waals surface area contributed by atoms with Gasteiger partial charge in [0.2, 0.25) is 11.8 Å². The van der Waals surface area contributed by atoms with E-state index in [1.165, 1.54) is 6.07 Å². The van der Waals surface area contributed by atoms with Gasteiger partial charge in [-0.2, -0.15) is 13.2 Å². The number of alkyl halides is 3. The van der Waals surface area contributed by atoms with Crippen LogP contribution in [0, 0.1) is 5.92 Å². The summed E-state index contributed by atoms with van der Waals surface area (Å²) in [7, 11) is 0. The molecular formula is C18H21F3N2O2S. The van der Waals surface area contributed by atoms with Crippen LogP contribution in [-0.2, 0) is 15.8 Å². The fourth-order valence-corrected chi connectivity index (χ4v) is 4.34. The Bertz CT molecular complexity index is 708. The molecule has 0 unspecified atom stereocenters. The highest BCUT2D eigenvalue weighted by molar-refractivity contribution is 8.01. The van der Waals surface area contributed by atoms with E-state index in [1.54, 1.807) is 4.90 Å². The third kappa shape index (κ3) is 4.34. The second-order valence-electron chi connectivity index (χ2n) is 6.93. The van der Waals surface area contributed by atoms with Gasteiger partial charge in [0.1, 0.15) is 0 Å². The molecule has 3 rings (SSSR count). The molecule has 8 heteroatoms. The van der Waals surface area contributed by atoms with Crippen LogP contribution in [0.1, 0.15) is 38.2 Å². The van der Waals surface area contributed by atoms with Crippen molar-refractivity contribution < 1.29 is 22.8 Å². The van der Waals surface area contributed by atoms with E-state index in [-0.39, 0.29) is 18.0 Å². The first-order valence-electron chi connectivity index (χ1n) is 8.70. The molecule has 2 heterocycles. The third-order valence-corrected chi connectivity index (χ3v) is 6.13. The SMILES string of the molecule is C[C@@H]1CCCN(C(=O)C[C@H]2Sc3ccc(C(F)(F)F)cc3NC2=O)CC1. The van der Waals surface area contributed by atoms with Crippen molar-refractivity contribution in [3.8, 4) is 0 Å². The van der Waals surface area contributed by atoms with Gasteiger partial charge in [-0.25, -0.2) is 0 Å². The Morgan fingerprint density at radius 1 is 1.31 bits per heavy atom. The highest BCUT2D eigenvalue weighted by atomic mass is 32.2. The number of hydrogen-bond acceptors (Lipinski definition) is 3. The summed E-state index contributed by atoms with van der Waals surface area (Å²) < 4.78 is 38.4. The number of hydrogen-bond donors (Lipinski definition) is 1.